The number of hydrogen-bond donors (Lipinski definition) is 1. The third kappa shape index (κ3) is 4.44. The Morgan fingerprint density at radius 2 is 1.72 bits per heavy atom. The van der Waals surface area contributed by atoms with Crippen molar-refractivity contribution in [3.05, 3.63) is 24.3 Å². The molecular weight excluding hydrogens is 320 g/mol. The van der Waals surface area contributed by atoms with E-state index in [1.165, 1.54) is 12.8 Å². The second kappa shape index (κ2) is 8.23. The van der Waals surface area contributed by atoms with Gasteiger partial charge in [-0.1, -0.05) is 25.0 Å². The Labute approximate surface area is 148 Å². The van der Waals surface area contributed by atoms with Crippen LogP contribution < -0.4 is 14.8 Å². The number of nitrogens with one attached hydrogen (secondary N) is 1. The number of amides is 2. The van der Waals surface area contributed by atoms with E-state index < -0.39 is 6.10 Å². The standard InChI is InChI=1S/C19H26N2O4/c1-14-18(25-16-9-5-4-8-15(16)24-14)19(23)20-11-10-17(22)21-12-6-2-3-7-13-21/h4-5,8-9,14,18H,2-3,6-7,10-13H2,1H3,(H,20,23)/t14-,18+/m1/s1. The monoisotopic (exact) mass is 346 g/mol. The summed E-state index contributed by atoms with van der Waals surface area (Å²) in [6.07, 6.45) is 3.77. The van der Waals surface area contributed by atoms with Crippen LogP contribution in [0.4, 0.5) is 0 Å². The molecule has 3 rings (SSSR count). The van der Waals surface area contributed by atoms with E-state index in [0.29, 0.717) is 24.5 Å². The van der Waals surface area contributed by atoms with Crippen molar-refractivity contribution >= 4 is 11.8 Å². The molecule has 1 N–H and O–H groups in total. The Balaban J connectivity index is 1.47. The number of hydrogen-bond acceptors (Lipinski definition) is 4. The van der Waals surface area contributed by atoms with Gasteiger partial charge >= 0.3 is 0 Å². The maximum atomic E-state index is 12.4. The number of nitrogens with zero attached hydrogens (tertiary/aromatic N) is 1. The minimum absolute atomic E-state index is 0.112. The van der Waals surface area contributed by atoms with E-state index in [0.717, 1.165) is 25.9 Å². The molecule has 0 unspecified atom stereocenters. The highest BCUT2D eigenvalue weighted by Gasteiger charge is 2.33. The first-order valence-electron chi connectivity index (χ1n) is 9.13. The van der Waals surface area contributed by atoms with Gasteiger partial charge in [0.05, 0.1) is 0 Å². The van der Waals surface area contributed by atoms with E-state index in [-0.39, 0.29) is 17.9 Å². The second-order valence-electron chi connectivity index (χ2n) is 6.64. The van der Waals surface area contributed by atoms with Crippen molar-refractivity contribution in [2.75, 3.05) is 19.6 Å². The van der Waals surface area contributed by atoms with Crippen LogP contribution in [0.15, 0.2) is 24.3 Å². The Hall–Kier alpha value is -2.24. The second-order valence-corrected chi connectivity index (χ2v) is 6.64. The molecule has 2 aliphatic rings. The summed E-state index contributed by atoms with van der Waals surface area (Å²) >= 11 is 0. The molecule has 0 aliphatic carbocycles. The molecule has 0 spiro atoms. The number of fused-ring (bicyclic) bond motifs is 1. The molecular formula is C19H26N2O4. The van der Waals surface area contributed by atoms with Gasteiger partial charge in [0.2, 0.25) is 12.0 Å². The van der Waals surface area contributed by atoms with Gasteiger partial charge in [0.1, 0.15) is 6.10 Å². The summed E-state index contributed by atoms with van der Waals surface area (Å²) in [6, 6.07) is 7.31. The third-order valence-corrected chi connectivity index (χ3v) is 4.70. The van der Waals surface area contributed by atoms with Crippen molar-refractivity contribution in [1.82, 2.24) is 10.2 Å². The van der Waals surface area contributed by atoms with Gasteiger partial charge in [0.15, 0.2) is 11.5 Å². The maximum absolute atomic E-state index is 12.4. The summed E-state index contributed by atoms with van der Waals surface area (Å²) in [7, 11) is 0. The van der Waals surface area contributed by atoms with Gasteiger partial charge < -0.3 is 19.7 Å². The molecule has 0 aromatic heterocycles. The lowest BCUT2D eigenvalue weighted by Gasteiger charge is -2.31. The lowest BCUT2D eigenvalue weighted by Crippen LogP contribution is -2.49. The molecule has 1 saturated heterocycles. The molecule has 1 fully saturated rings. The molecule has 0 radical (unpaired) electrons. The molecule has 1 aromatic carbocycles. The SMILES string of the molecule is C[C@H]1Oc2ccccc2O[C@@H]1C(=O)NCCC(=O)N1CCCCCC1. The Morgan fingerprint density at radius 1 is 1.08 bits per heavy atom. The van der Waals surface area contributed by atoms with Gasteiger partial charge in [-0.15, -0.1) is 0 Å². The third-order valence-electron chi connectivity index (χ3n) is 4.70. The van der Waals surface area contributed by atoms with Crippen LogP contribution in [-0.2, 0) is 9.59 Å². The summed E-state index contributed by atoms with van der Waals surface area (Å²) in [5.41, 5.74) is 0. The van der Waals surface area contributed by atoms with E-state index in [1.807, 2.05) is 30.0 Å². The number of carbonyl (C=O) groups is 2. The summed E-state index contributed by atoms with van der Waals surface area (Å²) in [5, 5.41) is 2.81. The van der Waals surface area contributed by atoms with Crippen molar-refractivity contribution in [3.8, 4) is 11.5 Å². The summed E-state index contributed by atoms with van der Waals surface area (Å²) in [5.74, 6) is 1.09. The fraction of sp³-hybridized carbons (Fsp3) is 0.579. The van der Waals surface area contributed by atoms with Crippen LogP contribution in [0.1, 0.15) is 39.0 Å². The van der Waals surface area contributed by atoms with Crippen LogP contribution in [-0.4, -0.2) is 48.6 Å². The van der Waals surface area contributed by atoms with Crippen LogP contribution in [0.25, 0.3) is 0 Å². The molecule has 25 heavy (non-hydrogen) atoms. The van der Waals surface area contributed by atoms with Crippen molar-refractivity contribution in [2.45, 2.75) is 51.2 Å². The molecule has 1 aromatic rings. The average molecular weight is 346 g/mol. The van der Waals surface area contributed by atoms with E-state index in [2.05, 4.69) is 5.32 Å². The molecule has 0 saturated carbocycles. The van der Waals surface area contributed by atoms with Crippen LogP contribution in [0, 0.1) is 0 Å². The van der Waals surface area contributed by atoms with Gasteiger partial charge in [0, 0.05) is 26.1 Å². The van der Waals surface area contributed by atoms with Crippen molar-refractivity contribution in [3.63, 3.8) is 0 Å². The molecule has 2 aliphatic heterocycles. The minimum atomic E-state index is -0.705. The van der Waals surface area contributed by atoms with Crippen LogP contribution in [0.2, 0.25) is 0 Å². The first-order chi connectivity index (χ1) is 12.1. The number of benzene rings is 1. The Kier molecular flexibility index (Phi) is 5.79. The number of para-hydroxylation sites is 2. The fourth-order valence-electron chi connectivity index (χ4n) is 3.28. The van der Waals surface area contributed by atoms with E-state index in [1.54, 1.807) is 6.07 Å². The normalized spacial score (nSPS) is 22.8. The van der Waals surface area contributed by atoms with Gasteiger partial charge in [-0.25, -0.2) is 0 Å². The van der Waals surface area contributed by atoms with Gasteiger partial charge in [-0.05, 0) is 31.9 Å². The quantitative estimate of drug-likeness (QED) is 0.907. The largest absolute Gasteiger partial charge is 0.482 e. The van der Waals surface area contributed by atoms with Gasteiger partial charge in [-0.2, -0.15) is 0 Å². The lowest BCUT2D eigenvalue weighted by molar-refractivity contribution is -0.134. The number of likely N-dealkylation sites (tertiary alicyclic amines) is 1. The summed E-state index contributed by atoms with van der Waals surface area (Å²) in [6.45, 7) is 3.80. The predicted molar refractivity (Wildman–Crippen MR) is 93.6 cm³/mol. The number of carbonyl (C=O) groups excluding carboxylic acids is 2. The van der Waals surface area contributed by atoms with E-state index in [4.69, 9.17) is 9.47 Å². The molecule has 2 atom stereocenters. The first-order valence-corrected chi connectivity index (χ1v) is 9.13. The number of ether oxygens (including phenoxy) is 2. The maximum Gasteiger partial charge on any atom is 0.265 e. The molecule has 136 valence electrons. The van der Waals surface area contributed by atoms with Crippen LogP contribution in [0.5, 0.6) is 11.5 Å². The summed E-state index contributed by atoms with van der Waals surface area (Å²) < 4.78 is 11.5. The Bertz CT molecular complexity index is 611. The number of rotatable bonds is 4. The molecule has 2 amide bonds. The highest BCUT2D eigenvalue weighted by Crippen LogP contribution is 2.33. The van der Waals surface area contributed by atoms with Gasteiger partial charge in [0.25, 0.3) is 5.91 Å². The van der Waals surface area contributed by atoms with Crippen molar-refractivity contribution in [1.29, 1.82) is 0 Å². The first kappa shape index (κ1) is 17.6. The smallest absolute Gasteiger partial charge is 0.265 e. The fourth-order valence-corrected chi connectivity index (χ4v) is 3.28. The molecule has 2 heterocycles. The zero-order valence-corrected chi connectivity index (χ0v) is 14.7. The molecule has 6 heteroatoms. The average Bonchev–Trinajstić information content (AvgIpc) is 2.90. The highest BCUT2D eigenvalue weighted by molar-refractivity contribution is 5.83. The van der Waals surface area contributed by atoms with Crippen LogP contribution in [0.3, 0.4) is 0 Å². The Morgan fingerprint density at radius 3 is 2.40 bits per heavy atom. The highest BCUT2D eigenvalue weighted by atomic mass is 16.6. The van der Waals surface area contributed by atoms with E-state index in [9.17, 15) is 9.59 Å². The minimum Gasteiger partial charge on any atom is -0.482 e. The molecule has 0 bridgehead atoms. The topological polar surface area (TPSA) is 67.9 Å². The van der Waals surface area contributed by atoms with E-state index >= 15 is 0 Å². The van der Waals surface area contributed by atoms with Crippen LogP contribution >= 0.6 is 0 Å². The van der Waals surface area contributed by atoms with Gasteiger partial charge in [-0.3, -0.25) is 9.59 Å². The zero-order valence-electron chi connectivity index (χ0n) is 14.7. The van der Waals surface area contributed by atoms with Crippen molar-refractivity contribution < 1.29 is 19.1 Å². The predicted octanol–water partition coefficient (Wildman–Crippen LogP) is 2.12. The molecule has 6 nitrogen and oxygen atoms in total. The van der Waals surface area contributed by atoms with Crippen molar-refractivity contribution in [2.24, 2.45) is 0 Å². The lowest BCUT2D eigenvalue weighted by atomic mass is 10.1. The summed E-state index contributed by atoms with van der Waals surface area (Å²) in [4.78, 5) is 26.6. The zero-order chi connectivity index (χ0) is 17.6.